The van der Waals surface area contributed by atoms with Crippen molar-refractivity contribution in [3.8, 4) is 11.1 Å². The maximum absolute atomic E-state index is 5.88. The van der Waals surface area contributed by atoms with Crippen LogP contribution < -0.4 is 5.73 Å². The minimum absolute atomic E-state index is 0.535. The molecule has 3 heteroatoms. The Labute approximate surface area is 93.7 Å². The summed E-state index contributed by atoms with van der Waals surface area (Å²) in [6, 6.07) is 9.70. The van der Waals surface area contributed by atoms with Gasteiger partial charge in [-0.25, -0.2) is 4.98 Å². The zero-order chi connectivity index (χ0) is 10.8. The maximum atomic E-state index is 5.88. The normalized spacial score (nSPS) is 10.3. The molecule has 76 valence electrons. The summed E-state index contributed by atoms with van der Waals surface area (Å²) in [5, 5.41) is 0.535. The predicted octanol–water partition coefficient (Wildman–Crippen LogP) is 3.29. The zero-order valence-electron chi connectivity index (χ0n) is 8.37. The third-order valence-electron chi connectivity index (χ3n) is 2.29. The standard InChI is InChI=1S/C12H11ClN2/c1-8-6-9(7-15-12(8)13)10-4-2-3-5-11(10)14/h2-7H,14H2,1H3. The summed E-state index contributed by atoms with van der Waals surface area (Å²) in [5.74, 6) is 0. The molecule has 0 radical (unpaired) electrons. The molecule has 0 atom stereocenters. The van der Waals surface area contributed by atoms with E-state index < -0.39 is 0 Å². The molecule has 2 N–H and O–H groups in total. The Hall–Kier alpha value is -1.54. The van der Waals surface area contributed by atoms with Gasteiger partial charge in [-0.1, -0.05) is 29.8 Å². The number of rotatable bonds is 1. The van der Waals surface area contributed by atoms with Gasteiger partial charge < -0.3 is 5.73 Å². The van der Waals surface area contributed by atoms with Gasteiger partial charge in [-0.05, 0) is 24.6 Å². The predicted molar refractivity (Wildman–Crippen MR) is 63.8 cm³/mol. The fraction of sp³-hybridized carbons (Fsp3) is 0.0833. The fourth-order valence-corrected chi connectivity index (χ4v) is 1.57. The first kappa shape index (κ1) is 9.99. The van der Waals surface area contributed by atoms with E-state index in [1.54, 1.807) is 6.20 Å². The number of para-hydroxylation sites is 1. The summed E-state index contributed by atoms with van der Waals surface area (Å²) in [6.07, 6.45) is 1.74. The van der Waals surface area contributed by atoms with Crippen molar-refractivity contribution in [1.29, 1.82) is 0 Å². The first-order valence-corrected chi connectivity index (χ1v) is 5.03. The molecule has 2 nitrogen and oxygen atoms in total. The molecule has 0 aliphatic rings. The lowest BCUT2D eigenvalue weighted by Crippen LogP contribution is -1.91. The van der Waals surface area contributed by atoms with Gasteiger partial charge in [-0.15, -0.1) is 0 Å². The van der Waals surface area contributed by atoms with Crippen molar-refractivity contribution in [2.45, 2.75) is 6.92 Å². The first-order valence-electron chi connectivity index (χ1n) is 4.65. The number of aryl methyl sites for hydroxylation is 1. The summed E-state index contributed by atoms with van der Waals surface area (Å²) in [7, 11) is 0. The van der Waals surface area contributed by atoms with E-state index in [-0.39, 0.29) is 0 Å². The van der Waals surface area contributed by atoms with E-state index in [2.05, 4.69) is 4.98 Å². The molecular weight excluding hydrogens is 208 g/mol. The monoisotopic (exact) mass is 218 g/mol. The second-order valence-electron chi connectivity index (χ2n) is 3.42. The Bertz CT molecular complexity index is 495. The Morgan fingerprint density at radius 2 is 2.00 bits per heavy atom. The molecule has 0 bridgehead atoms. The lowest BCUT2D eigenvalue weighted by atomic mass is 10.0. The topological polar surface area (TPSA) is 38.9 Å². The van der Waals surface area contributed by atoms with Crippen molar-refractivity contribution in [2.75, 3.05) is 5.73 Å². The molecule has 0 aliphatic carbocycles. The van der Waals surface area contributed by atoms with Gasteiger partial charge in [-0.2, -0.15) is 0 Å². The molecule has 0 unspecified atom stereocenters. The van der Waals surface area contributed by atoms with Gasteiger partial charge in [0.25, 0.3) is 0 Å². The number of halogens is 1. The number of nitrogens with two attached hydrogens (primary N) is 1. The molecule has 0 aliphatic heterocycles. The number of nitrogen functional groups attached to an aromatic ring is 1. The molecule has 1 aromatic carbocycles. The van der Waals surface area contributed by atoms with E-state index in [1.165, 1.54) is 0 Å². The van der Waals surface area contributed by atoms with Crippen molar-refractivity contribution in [3.63, 3.8) is 0 Å². The van der Waals surface area contributed by atoms with Gasteiger partial charge in [0.1, 0.15) is 5.15 Å². The van der Waals surface area contributed by atoms with Crippen molar-refractivity contribution in [1.82, 2.24) is 4.98 Å². The van der Waals surface area contributed by atoms with Gasteiger partial charge in [0, 0.05) is 23.0 Å². The summed E-state index contributed by atoms with van der Waals surface area (Å²) in [5.41, 5.74) is 9.57. The Balaban J connectivity index is 2.55. The van der Waals surface area contributed by atoms with E-state index >= 15 is 0 Å². The van der Waals surface area contributed by atoms with Crippen LogP contribution in [0.25, 0.3) is 11.1 Å². The van der Waals surface area contributed by atoms with Crippen molar-refractivity contribution >= 4 is 17.3 Å². The number of anilines is 1. The minimum atomic E-state index is 0.535. The highest BCUT2D eigenvalue weighted by molar-refractivity contribution is 6.30. The number of hydrogen-bond acceptors (Lipinski definition) is 2. The highest BCUT2D eigenvalue weighted by Gasteiger charge is 2.04. The van der Waals surface area contributed by atoms with Crippen LogP contribution in [0.15, 0.2) is 36.5 Å². The lowest BCUT2D eigenvalue weighted by Gasteiger charge is -2.06. The van der Waals surface area contributed by atoms with E-state index in [9.17, 15) is 0 Å². The highest BCUT2D eigenvalue weighted by atomic mass is 35.5. The average molecular weight is 219 g/mol. The van der Waals surface area contributed by atoms with Crippen LogP contribution in [-0.4, -0.2) is 4.98 Å². The zero-order valence-corrected chi connectivity index (χ0v) is 9.12. The smallest absolute Gasteiger partial charge is 0.131 e. The van der Waals surface area contributed by atoms with E-state index in [1.807, 2.05) is 37.3 Å². The van der Waals surface area contributed by atoms with Crippen molar-refractivity contribution in [2.24, 2.45) is 0 Å². The quantitative estimate of drug-likeness (QED) is 0.589. The molecule has 0 spiro atoms. The van der Waals surface area contributed by atoms with Gasteiger partial charge in [-0.3, -0.25) is 0 Å². The summed E-state index contributed by atoms with van der Waals surface area (Å²) in [4.78, 5) is 4.11. The second-order valence-corrected chi connectivity index (χ2v) is 3.78. The maximum Gasteiger partial charge on any atom is 0.131 e. The van der Waals surface area contributed by atoms with Crippen molar-refractivity contribution < 1.29 is 0 Å². The van der Waals surface area contributed by atoms with Crippen LogP contribution >= 0.6 is 11.6 Å². The van der Waals surface area contributed by atoms with Crippen LogP contribution in [0.4, 0.5) is 5.69 Å². The van der Waals surface area contributed by atoms with Crippen LogP contribution in [-0.2, 0) is 0 Å². The molecule has 1 heterocycles. The molecular formula is C12H11ClN2. The van der Waals surface area contributed by atoms with Crippen LogP contribution in [0.5, 0.6) is 0 Å². The largest absolute Gasteiger partial charge is 0.398 e. The number of hydrogen-bond donors (Lipinski definition) is 1. The van der Waals surface area contributed by atoms with Gasteiger partial charge in [0.05, 0.1) is 0 Å². The SMILES string of the molecule is Cc1cc(-c2ccccc2N)cnc1Cl. The van der Waals surface area contributed by atoms with Crippen LogP contribution in [0.1, 0.15) is 5.56 Å². The summed E-state index contributed by atoms with van der Waals surface area (Å²) in [6.45, 7) is 1.93. The van der Waals surface area contributed by atoms with Gasteiger partial charge >= 0.3 is 0 Å². The number of pyridine rings is 1. The minimum Gasteiger partial charge on any atom is -0.398 e. The van der Waals surface area contributed by atoms with Crippen LogP contribution in [0.3, 0.4) is 0 Å². The van der Waals surface area contributed by atoms with Gasteiger partial charge in [0.2, 0.25) is 0 Å². The fourth-order valence-electron chi connectivity index (χ4n) is 1.47. The number of aromatic nitrogens is 1. The number of nitrogens with zero attached hydrogens (tertiary/aromatic N) is 1. The Morgan fingerprint density at radius 1 is 1.27 bits per heavy atom. The molecule has 0 saturated carbocycles. The second kappa shape index (κ2) is 3.91. The van der Waals surface area contributed by atoms with E-state index in [0.717, 1.165) is 22.4 Å². The van der Waals surface area contributed by atoms with Gasteiger partial charge in [0.15, 0.2) is 0 Å². The van der Waals surface area contributed by atoms with E-state index in [0.29, 0.717) is 5.15 Å². The lowest BCUT2D eigenvalue weighted by molar-refractivity contribution is 1.27. The molecule has 2 rings (SSSR count). The molecule has 0 fully saturated rings. The summed E-state index contributed by atoms with van der Waals surface area (Å²) >= 11 is 5.87. The Morgan fingerprint density at radius 3 is 2.67 bits per heavy atom. The van der Waals surface area contributed by atoms with Crippen molar-refractivity contribution in [3.05, 3.63) is 47.2 Å². The average Bonchev–Trinajstić information content (AvgIpc) is 2.23. The molecule has 0 saturated heterocycles. The third-order valence-corrected chi connectivity index (χ3v) is 2.68. The first-order chi connectivity index (χ1) is 7.18. The van der Waals surface area contributed by atoms with E-state index in [4.69, 9.17) is 17.3 Å². The Kier molecular flexibility index (Phi) is 2.60. The van der Waals surface area contributed by atoms with Crippen LogP contribution in [0, 0.1) is 6.92 Å². The third kappa shape index (κ3) is 1.95. The highest BCUT2D eigenvalue weighted by Crippen LogP contribution is 2.26. The summed E-state index contributed by atoms with van der Waals surface area (Å²) < 4.78 is 0. The van der Waals surface area contributed by atoms with Crippen LogP contribution in [0.2, 0.25) is 5.15 Å². The molecule has 15 heavy (non-hydrogen) atoms. The molecule has 2 aromatic rings. The molecule has 1 aromatic heterocycles. The molecule has 0 amide bonds. The number of benzene rings is 1.